The molecule has 0 N–H and O–H groups in total. The van der Waals surface area contributed by atoms with E-state index < -0.39 is 0 Å². The molecule has 0 aliphatic carbocycles. The molecular weight excluding hydrogens is 204 g/mol. The van der Waals surface area contributed by atoms with E-state index in [2.05, 4.69) is 24.2 Å². The van der Waals surface area contributed by atoms with E-state index in [0.717, 1.165) is 16.7 Å². The monoisotopic (exact) mass is 216 g/mol. The van der Waals surface area contributed by atoms with Crippen molar-refractivity contribution in [1.29, 1.82) is 0 Å². The third kappa shape index (κ3) is 2.98. The van der Waals surface area contributed by atoms with Crippen molar-refractivity contribution in [3.05, 3.63) is 83.6 Å². The normalized spacial score (nSPS) is 8.71. The topological polar surface area (TPSA) is 0 Å². The Morgan fingerprint density at radius 3 is 2.29 bits per heavy atom. The Morgan fingerprint density at radius 2 is 1.53 bits per heavy atom. The van der Waals surface area contributed by atoms with Crippen molar-refractivity contribution in [3.63, 3.8) is 0 Å². The van der Waals surface area contributed by atoms with Gasteiger partial charge in [0.15, 0.2) is 0 Å². The highest BCUT2D eigenvalue weighted by Gasteiger charge is 1.93. The van der Waals surface area contributed by atoms with Crippen molar-refractivity contribution < 1.29 is 0 Å². The Kier molecular flexibility index (Phi) is 3.61. The van der Waals surface area contributed by atoms with Crippen LogP contribution in [0.25, 0.3) is 6.08 Å². The van der Waals surface area contributed by atoms with Crippen LogP contribution in [0, 0.1) is 11.8 Å². The molecule has 0 amide bonds. The van der Waals surface area contributed by atoms with E-state index in [4.69, 9.17) is 0 Å². The third-order valence-electron chi connectivity index (χ3n) is 2.33. The summed E-state index contributed by atoms with van der Waals surface area (Å²) in [5.74, 6) is 6.31. The van der Waals surface area contributed by atoms with Crippen LogP contribution >= 0.6 is 0 Å². The van der Waals surface area contributed by atoms with Crippen molar-refractivity contribution in [2.24, 2.45) is 0 Å². The summed E-state index contributed by atoms with van der Waals surface area (Å²) in [5, 5.41) is 0. The second-order valence-electron chi connectivity index (χ2n) is 3.55. The van der Waals surface area contributed by atoms with Crippen molar-refractivity contribution >= 4 is 6.08 Å². The zero-order chi connectivity index (χ0) is 11.9. The molecular formula is C17H12. The molecule has 2 aromatic rings. The van der Waals surface area contributed by atoms with Gasteiger partial charge in [-0.3, -0.25) is 0 Å². The molecule has 0 heterocycles. The molecule has 0 saturated heterocycles. The highest BCUT2D eigenvalue weighted by atomic mass is 14.0. The average Bonchev–Trinajstić information content (AvgIpc) is 2.39. The van der Waals surface area contributed by atoms with Gasteiger partial charge < -0.3 is 0 Å². The second kappa shape index (κ2) is 5.56. The molecule has 0 aliphatic heterocycles. The maximum Gasteiger partial charge on any atom is 0.0327 e. The molecule has 0 spiro atoms. The van der Waals surface area contributed by atoms with Crippen molar-refractivity contribution in [2.45, 2.75) is 0 Å². The fraction of sp³-hybridized carbons (Fsp3) is 0. The third-order valence-corrected chi connectivity index (χ3v) is 2.33. The van der Waals surface area contributed by atoms with E-state index in [9.17, 15) is 0 Å². The van der Waals surface area contributed by atoms with Crippen LogP contribution in [0.1, 0.15) is 16.7 Å². The lowest BCUT2D eigenvalue weighted by Gasteiger charge is -1.95. The summed E-state index contributed by atoms with van der Waals surface area (Å²) >= 11 is 0. The van der Waals surface area contributed by atoms with Gasteiger partial charge in [-0.05, 0) is 29.8 Å². The van der Waals surface area contributed by atoms with Crippen molar-refractivity contribution in [2.75, 3.05) is 0 Å². The molecule has 0 aromatic heterocycles. The first-order valence-corrected chi connectivity index (χ1v) is 5.42. The number of hydrogen-bond acceptors (Lipinski definition) is 0. The first kappa shape index (κ1) is 11.0. The number of benzene rings is 2. The second-order valence-corrected chi connectivity index (χ2v) is 3.55. The molecule has 2 rings (SSSR count). The van der Waals surface area contributed by atoms with Crippen LogP contribution in [0.2, 0.25) is 0 Å². The van der Waals surface area contributed by atoms with Gasteiger partial charge in [-0.2, -0.15) is 0 Å². The van der Waals surface area contributed by atoms with Gasteiger partial charge in [-0.25, -0.2) is 0 Å². The van der Waals surface area contributed by atoms with E-state index >= 15 is 0 Å². The Labute approximate surface area is 102 Å². The van der Waals surface area contributed by atoms with Crippen LogP contribution < -0.4 is 0 Å². The molecule has 0 bridgehead atoms. The summed E-state index contributed by atoms with van der Waals surface area (Å²) < 4.78 is 0. The smallest absolute Gasteiger partial charge is 0.0327 e. The molecule has 0 unspecified atom stereocenters. The van der Waals surface area contributed by atoms with Crippen molar-refractivity contribution in [3.8, 4) is 11.8 Å². The van der Waals surface area contributed by atoms with E-state index in [0.29, 0.717) is 0 Å². The lowest BCUT2D eigenvalue weighted by Crippen LogP contribution is -1.80. The molecule has 0 saturated carbocycles. The summed E-state index contributed by atoms with van der Waals surface area (Å²) in [6.07, 6.45) is 1.84. The summed E-state index contributed by atoms with van der Waals surface area (Å²) in [7, 11) is 0. The number of rotatable bonds is 1. The van der Waals surface area contributed by atoms with Gasteiger partial charge in [0.2, 0.25) is 0 Å². The first-order chi connectivity index (χ1) is 8.40. The van der Waals surface area contributed by atoms with Crippen LogP contribution in [0.4, 0.5) is 0 Å². The van der Waals surface area contributed by atoms with Gasteiger partial charge in [0.05, 0.1) is 0 Å². The fourth-order valence-corrected chi connectivity index (χ4v) is 1.51. The highest BCUT2D eigenvalue weighted by molar-refractivity contribution is 5.59. The summed E-state index contributed by atoms with van der Waals surface area (Å²) in [5.41, 5.74) is 5.84. The lowest BCUT2D eigenvalue weighted by atomic mass is 10.1. The summed E-state index contributed by atoms with van der Waals surface area (Å²) in [6.45, 7) is 3.59. The minimum absolute atomic E-state index is 0.993. The molecule has 0 aliphatic rings. The zero-order valence-electron chi connectivity index (χ0n) is 9.48. The van der Waals surface area contributed by atoms with Crippen LogP contribution in [0.15, 0.2) is 66.9 Å². The van der Waals surface area contributed by atoms with Gasteiger partial charge in [0.1, 0.15) is 0 Å². The van der Waals surface area contributed by atoms with Crippen LogP contribution in [0.3, 0.4) is 0 Å². The van der Waals surface area contributed by atoms with Gasteiger partial charge in [0, 0.05) is 11.1 Å². The molecule has 0 radical (unpaired) electrons. The summed E-state index contributed by atoms with van der Waals surface area (Å²) in [6, 6.07) is 17.9. The van der Waals surface area contributed by atoms with Crippen molar-refractivity contribution in [1.82, 2.24) is 0 Å². The summed E-state index contributed by atoms with van der Waals surface area (Å²) in [4.78, 5) is 0. The standard InChI is InChI=1S/C17H12/c1-2-8-16-11-6-7-12-17(16)14-13-15-9-4-3-5-10-15/h3-12H,1H2. The van der Waals surface area contributed by atoms with Gasteiger partial charge >= 0.3 is 0 Å². The Morgan fingerprint density at radius 1 is 0.824 bits per heavy atom. The first-order valence-electron chi connectivity index (χ1n) is 5.42. The zero-order valence-corrected chi connectivity index (χ0v) is 9.48. The average molecular weight is 216 g/mol. The molecule has 2 aromatic carbocycles. The Hall–Kier alpha value is -2.48. The van der Waals surface area contributed by atoms with E-state index in [-0.39, 0.29) is 0 Å². The number of hydrogen-bond donors (Lipinski definition) is 0. The van der Waals surface area contributed by atoms with E-state index in [1.807, 2.05) is 60.7 Å². The molecule has 0 heteroatoms. The minimum atomic E-state index is 0.993. The molecule has 0 nitrogen and oxygen atoms in total. The fourth-order valence-electron chi connectivity index (χ4n) is 1.51. The van der Waals surface area contributed by atoms with Gasteiger partial charge in [-0.1, -0.05) is 54.8 Å². The van der Waals surface area contributed by atoms with Gasteiger partial charge in [-0.15, -0.1) is 5.73 Å². The quantitative estimate of drug-likeness (QED) is 0.501. The molecule has 0 fully saturated rings. The van der Waals surface area contributed by atoms with E-state index in [1.54, 1.807) is 0 Å². The predicted octanol–water partition coefficient (Wildman–Crippen LogP) is 3.88. The Balaban J connectivity index is 2.37. The van der Waals surface area contributed by atoms with Crippen LogP contribution in [0.5, 0.6) is 0 Å². The Bertz CT molecular complexity index is 603. The van der Waals surface area contributed by atoms with Gasteiger partial charge in [0.25, 0.3) is 0 Å². The minimum Gasteiger partial charge on any atom is -0.128 e. The SMILES string of the molecule is C=C=Cc1ccccc1C#Cc1ccccc1. The highest BCUT2D eigenvalue weighted by Crippen LogP contribution is 2.09. The predicted molar refractivity (Wildman–Crippen MR) is 72.5 cm³/mol. The van der Waals surface area contributed by atoms with Crippen LogP contribution in [-0.4, -0.2) is 0 Å². The molecule has 0 atom stereocenters. The van der Waals surface area contributed by atoms with E-state index in [1.165, 1.54) is 0 Å². The lowest BCUT2D eigenvalue weighted by molar-refractivity contribution is 1.59. The van der Waals surface area contributed by atoms with Crippen LogP contribution in [-0.2, 0) is 0 Å². The maximum atomic E-state index is 3.59. The molecule has 80 valence electrons. The molecule has 17 heavy (non-hydrogen) atoms. The maximum absolute atomic E-state index is 3.59. The largest absolute Gasteiger partial charge is 0.128 e.